The predicted octanol–water partition coefficient (Wildman–Crippen LogP) is 1.73. The van der Waals surface area contributed by atoms with Crippen LogP contribution in [0.4, 0.5) is 5.69 Å². The van der Waals surface area contributed by atoms with Crippen molar-refractivity contribution in [1.82, 2.24) is 9.78 Å². The molecule has 0 amide bonds. The summed E-state index contributed by atoms with van der Waals surface area (Å²) in [6.07, 6.45) is 1.53. The minimum absolute atomic E-state index is 0.199. The average Bonchev–Trinajstić information content (AvgIpc) is 2.44. The number of ether oxygens (including phenoxy) is 1. The van der Waals surface area contributed by atoms with E-state index >= 15 is 0 Å². The molecule has 8 heteroatoms. The molecule has 0 fully saturated rings. The number of methoxy groups -OCH3 is 1. The van der Waals surface area contributed by atoms with Gasteiger partial charge in [-0.25, -0.2) is 4.68 Å². The summed E-state index contributed by atoms with van der Waals surface area (Å²) in [4.78, 5) is 23.2. The Morgan fingerprint density at radius 2 is 2.35 bits per heavy atom. The third-order valence-electron chi connectivity index (χ3n) is 2.47. The number of hydrogen-bond donors (Lipinski definition) is 1. The minimum Gasteiger partial charge on any atom is -0.468 e. The summed E-state index contributed by atoms with van der Waals surface area (Å²) in [5, 5.41) is 7.18. The number of thioether (sulfide) groups is 1. The van der Waals surface area contributed by atoms with E-state index in [2.05, 4.69) is 38.0 Å². The maximum atomic E-state index is 12.0. The molecule has 0 radical (unpaired) electrons. The number of esters is 1. The molecule has 1 aromatic rings. The van der Waals surface area contributed by atoms with Gasteiger partial charge in [0, 0.05) is 11.8 Å². The average molecular weight is 364 g/mol. The van der Waals surface area contributed by atoms with Gasteiger partial charge in [0.15, 0.2) is 0 Å². The number of carbonyl (C=O) groups is 1. The van der Waals surface area contributed by atoms with E-state index in [9.17, 15) is 9.59 Å². The first-order valence-electron chi connectivity index (χ1n) is 6.16. The summed E-state index contributed by atoms with van der Waals surface area (Å²) >= 11 is 5.06. The zero-order chi connectivity index (χ0) is 15.1. The number of anilines is 1. The molecule has 6 nitrogen and oxygen atoms in total. The highest BCUT2D eigenvalue weighted by atomic mass is 79.9. The Hall–Kier alpha value is -1.02. The zero-order valence-electron chi connectivity index (χ0n) is 11.7. The van der Waals surface area contributed by atoms with Gasteiger partial charge in [0.05, 0.1) is 19.0 Å². The molecule has 0 saturated carbocycles. The van der Waals surface area contributed by atoms with Gasteiger partial charge in [-0.2, -0.15) is 16.9 Å². The Morgan fingerprint density at radius 1 is 1.65 bits per heavy atom. The molecular weight excluding hydrogens is 346 g/mol. The van der Waals surface area contributed by atoms with Gasteiger partial charge in [-0.1, -0.05) is 6.92 Å². The zero-order valence-corrected chi connectivity index (χ0v) is 14.1. The summed E-state index contributed by atoms with van der Waals surface area (Å²) in [5.74, 6) is 1.47. The summed E-state index contributed by atoms with van der Waals surface area (Å²) in [5.41, 5.74) is 0.260. The van der Waals surface area contributed by atoms with Crippen LogP contribution in [0.1, 0.15) is 13.8 Å². The first kappa shape index (κ1) is 17.0. The van der Waals surface area contributed by atoms with Crippen molar-refractivity contribution in [3.63, 3.8) is 0 Å². The molecular formula is C12H18BrN3O3S. The molecule has 0 bridgehead atoms. The molecule has 0 aromatic carbocycles. The number of aromatic nitrogens is 2. The number of rotatable bonds is 7. The van der Waals surface area contributed by atoms with Crippen molar-refractivity contribution >= 4 is 39.3 Å². The first-order chi connectivity index (χ1) is 9.49. The summed E-state index contributed by atoms with van der Waals surface area (Å²) < 4.78 is 5.94. The van der Waals surface area contributed by atoms with Gasteiger partial charge in [-0.3, -0.25) is 9.59 Å². The number of halogens is 1. The van der Waals surface area contributed by atoms with E-state index in [0.717, 1.165) is 16.2 Å². The van der Waals surface area contributed by atoms with Crippen molar-refractivity contribution in [2.45, 2.75) is 26.4 Å². The van der Waals surface area contributed by atoms with E-state index in [1.54, 1.807) is 0 Å². The highest BCUT2D eigenvalue weighted by Crippen LogP contribution is 2.18. The molecule has 20 heavy (non-hydrogen) atoms. The van der Waals surface area contributed by atoms with Crippen LogP contribution in [0.3, 0.4) is 0 Å². The highest BCUT2D eigenvalue weighted by Gasteiger charge is 2.13. The van der Waals surface area contributed by atoms with Crippen molar-refractivity contribution in [3.05, 3.63) is 21.0 Å². The Balaban J connectivity index is 2.83. The van der Waals surface area contributed by atoms with Gasteiger partial charge in [0.1, 0.15) is 11.0 Å². The van der Waals surface area contributed by atoms with Gasteiger partial charge in [0.25, 0.3) is 5.56 Å². The van der Waals surface area contributed by atoms with Gasteiger partial charge >= 0.3 is 5.97 Å². The van der Waals surface area contributed by atoms with Crippen molar-refractivity contribution < 1.29 is 9.53 Å². The van der Waals surface area contributed by atoms with Crippen LogP contribution in [0.2, 0.25) is 0 Å². The van der Waals surface area contributed by atoms with Gasteiger partial charge in [-0.05, 0) is 28.6 Å². The van der Waals surface area contributed by atoms with E-state index in [0.29, 0.717) is 10.2 Å². The molecule has 0 aliphatic carbocycles. The second-order valence-corrected chi connectivity index (χ2v) is 6.23. The summed E-state index contributed by atoms with van der Waals surface area (Å²) in [6, 6.07) is 0.217. The molecule has 0 aliphatic heterocycles. The lowest BCUT2D eigenvalue weighted by molar-refractivity contribution is -0.141. The van der Waals surface area contributed by atoms with Gasteiger partial charge in [0.2, 0.25) is 0 Å². The normalized spacial score (nSPS) is 12.0. The maximum absolute atomic E-state index is 12.0. The second kappa shape index (κ2) is 8.31. The lowest BCUT2D eigenvalue weighted by Gasteiger charge is -2.15. The van der Waals surface area contributed by atoms with Crippen LogP contribution < -0.4 is 10.9 Å². The topological polar surface area (TPSA) is 73.2 Å². The molecule has 112 valence electrons. The lowest BCUT2D eigenvalue weighted by Crippen LogP contribution is -2.29. The van der Waals surface area contributed by atoms with E-state index < -0.39 is 5.97 Å². The largest absolute Gasteiger partial charge is 0.468 e. The first-order valence-corrected chi connectivity index (χ1v) is 8.11. The molecule has 1 aromatic heterocycles. The highest BCUT2D eigenvalue weighted by molar-refractivity contribution is 9.10. The molecule has 1 N–H and O–H groups in total. The van der Waals surface area contributed by atoms with E-state index in [1.165, 1.54) is 13.3 Å². The van der Waals surface area contributed by atoms with Crippen LogP contribution in [0, 0.1) is 0 Å². The van der Waals surface area contributed by atoms with E-state index in [1.807, 2.05) is 18.7 Å². The monoisotopic (exact) mass is 363 g/mol. The maximum Gasteiger partial charge on any atom is 0.327 e. The molecule has 1 atom stereocenters. The van der Waals surface area contributed by atoms with Crippen LogP contribution in [0.25, 0.3) is 0 Å². The fraction of sp³-hybridized carbons (Fsp3) is 0.583. The molecule has 0 saturated heterocycles. The van der Waals surface area contributed by atoms with Crippen LogP contribution in [0.5, 0.6) is 0 Å². The van der Waals surface area contributed by atoms with E-state index in [-0.39, 0.29) is 18.1 Å². The molecule has 1 unspecified atom stereocenters. The van der Waals surface area contributed by atoms with Crippen molar-refractivity contribution in [1.29, 1.82) is 0 Å². The predicted molar refractivity (Wildman–Crippen MR) is 84.3 cm³/mol. The fourth-order valence-electron chi connectivity index (χ4n) is 1.47. The Kier molecular flexibility index (Phi) is 7.08. The van der Waals surface area contributed by atoms with Crippen LogP contribution in [-0.2, 0) is 16.1 Å². The Bertz CT molecular complexity index is 521. The van der Waals surface area contributed by atoms with Crippen molar-refractivity contribution in [2.75, 3.05) is 23.9 Å². The molecule has 1 rings (SSSR count). The van der Waals surface area contributed by atoms with Crippen LogP contribution in [-0.4, -0.2) is 40.4 Å². The van der Waals surface area contributed by atoms with Crippen LogP contribution >= 0.6 is 27.7 Å². The molecule has 1 heterocycles. The number of nitrogens with zero attached hydrogens (tertiary/aromatic N) is 2. The Morgan fingerprint density at radius 3 is 2.95 bits per heavy atom. The van der Waals surface area contributed by atoms with Gasteiger partial charge in [-0.15, -0.1) is 0 Å². The van der Waals surface area contributed by atoms with Crippen LogP contribution in [0.15, 0.2) is 15.5 Å². The van der Waals surface area contributed by atoms with Crippen molar-refractivity contribution in [2.24, 2.45) is 0 Å². The smallest absolute Gasteiger partial charge is 0.327 e. The van der Waals surface area contributed by atoms with E-state index in [4.69, 9.17) is 0 Å². The molecule has 0 spiro atoms. The third-order valence-corrected chi connectivity index (χ3v) is 4.38. The Labute approximate surface area is 130 Å². The quantitative estimate of drug-likeness (QED) is 0.743. The van der Waals surface area contributed by atoms with Crippen molar-refractivity contribution in [3.8, 4) is 0 Å². The van der Waals surface area contributed by atoms with Gasteiger partial charge < -0.3 is 10.1 Å². The SMILES string of the molecule is CCSCC(C)Nc1cnn(CC(=O)OC)c(=O)c1Br. The molecule has 0 aliphatic rings. The number of hydrogen-bond acceptors (Lipinski definition) is 6. The summed E-state index contributed by atoms with van der Waals surface area (Å²) in [7, 11) is 1.27. The number of nitrogens with one attached hydrogen (secondary N) is 1. The number of carbonyl (C=O) groups excluding carboxylic acids is 1. The lowest BCUT2D eigenvalue weighted by atomic mass is 10.3. The summed E-state index contributed by atoms with van der Waals surface area (Å²) in [6.45, 7) is 3.94. The third kappa shape index (κ3) is 4.82. The minimum atomic E-state index is -0.514. The second-order valence-electron chi connectivity index (χ2n) is 4.12. The standard InChI is InChI=1S/C12H18BrN3O3S/c1-4-20-7-8(2)15-9-5-14-16(6-10(17)19-3)12(18)11(9)13/h5,8,15H,4,6-7H2,1-3H3. The fourth-order valence-corrected chi connectivity index (χ4v) is 2.56.